The van der Waals surface area contributed by atoms with Gasteiger partial charge >= 0.3 is 0 Å². The summed E-state index contributed by atoms with van der Waals surface area (Å²) in [5, 5.41) is 3.10. The third-order valence-corrected chi connectivity index (χ3v) is 3.47. The molecule has 0 unspecified atom stereocenters. The number of hydrogen-bond donors (Lipinski definition) is 1. The Labute approximate surface area is 99.3 Å². The van der Waals surface area contributed by atoms with Gasteiger partial charge in [-0.25, -0.2) is 0 Å². The maximum atomic E-state index is 5.24. The van der Waals surface area contributed by atoms with Crippen LogP contribution >= 0.6 is 11.8 Å². The number of hydrogen-bond acceptors (Lipinski definition) is 4. The lowest BCUT2D eigenvalue weighted by Gasteiger charge is -2.03. The second kappa shape index (κ2) is 5.07. The van der Waals surface area contributed by atoms with Gasteiger partial charge in [0.25, 0.3) is 0 Å². The highest BCUT2D eigenvalue weighted by atomic mass is 32.2. The van der Waals surface area contributed by atoms with Crippen LogP contribution in [0.4, 0.5) is 5.69 Å². The fourth-order valence-corrected chi connectivity index (χ4v) is 2.25. The molecule has 0 radical (unpaired) electrons. The van der Waals surface area contributed by atoms with Gasteiger partial charge in [-0.1, -0.05) is 0 Å². The van der Waals surface area contributed by atoms with Crippen molar-refractivity contribution in [2.45, 2.75) is 17.6 Å². The van der Waals surface area contributed by atoms with Gasteiger partial charge in [0.15, 0.2) is 0 Å². The van der Waals surface area contributed by atoms with Crippen LogP contribution in [0.5, 0.6) is 0 Å². The molecule has 2 rings (SSSR count). The lowest BCUT2D eigenvalue weighted by molar-refractivity contribution is 0.527. The fourth-order valence-electron chi connectivity index (χ4n) is 1.39. The molecule has 0 saturated carbocycles. The molecule has 2 heterocycles. The topological polar surface area (TPSA) is 38.1 Å². The minimum atomic E-state index is 0.857. The maximum absolute atomic E-state index is 5.24. The van der Waals surface area contributed by atoms with Gasteiger partial charge in [-0.05, 0) is 25.1 Å². The summed E-state index contributed by atoms with van der Waals surface area (Å²) < 4.78 is 5.24. The predicted octanol–water partition coefficient (Wildman–Crippen LogP) is 3.32. The van der Waals surface area contributed by atoms with Gasteiger partial charge in [0, 0.05) is 29.6 Å². The van der Waals surface area contributed by atoms with E-state index < -0.39 is 0 Å². The predicted molar refractivity (Wildman–Crippen MR) is 66.8 cm³/mol. The smallest absolute Gasteiger partial charge is 0.114 e. The lowest BCUT2D eigenvalue weighted by atomic mass is 10.3. The summed E-state index contributed by atoms with van der Waals surface area (Å²) in [4.78, 5) is 5.50. The van der Waals surface area contributed by atoms with Crippen LogP contribution in [-0.2, 0) is 5.75 Å². The first-order chi connectivity index (χ1) is 7.79. The Bertz CT molecular complexity index is 468. The van der Waals surface area contributed by atoms with E-state index in [-0.39, 0.29) is 0 Å². The molecule has 3 nitrogen and oxygen atoms in total. The number of aromatic nitrogens is 1. The van der Waals surface area contributed by atoms with Gasteiger partial charge < -0.3 is 9.73 Å². The molecule has 1 N–H and O–H groups in total. The Hall–Kier alpha value is -1.42. The molecule has 0 fully saturated rings. The molecule has 0 amide bonds. The van der Waals surface area contributed by atoms with Crippen molar-refractivity contribution in [3.8, 4) is 0 Å². The molecule has 84 valence electrons. The molecule has 0 bridgehead atoms. The summed E-state index contributed by atoms with van der Waals surface area (Å²) in [5.74, 6) is 1.82. The number of pyridine rings is 1. The van der Waals surface area contributed by atoms with E-state index in [1.165, 1.54) is 4.90 Å². The van der Waals surface area contributed by atoms with Crippen LogP contribution in [0.15, 0.2) is 40.0 Å². The molecule has 0 aliphatic carbocycles. The summed E-state index contributed by atoms with van der Waals surface area (Å²) in [6, 6.07) is 6.00. The SMILES string of the molecule is CNc1ccnc(CSc2ccoc2C)c1. The van der Waals surface area contributed by atoms with Crippen molar-refractivity contribution >= 4 is 17.4 Å². The molecule has 0 atom stereocenters. The van der Waals surface area contributed by atoms with Crippen molar-refractivity contribution in [1.82, 2.24) is 4.98 Å². The van der Waals surface area contributed by atoms with Crippen molar-refractivity contribution in [3.63, 3.8) is 0 Å². The Morgan fingerprint density at radius 2 is 2.31 bits per heavy atom. The number of furan rings is 1. The molecule has 0 aliphatic heterocycles. The van der Waals surface area contributed by atoms with Gasteiger partial charge in [-0.3, -0.25) is 4.98 Å². The Morgan fingerprint density at radius 3 is 3.00 bits per heavy atom. The molecule has 4 heteroatoms. The first-order valence-corrected chi connectivity index (χ1v) is 6.07. The van der Waals surface area contributed by atoms with E-state index in [0.29, 0.717) is 0 Å². The minimum Gasteiger partial charge on any atom is -0.468 e. The first-order valence-electron chi connectivity index (χ1n) is 5.09. The first kappa shape index (κ1) is 11.1. The highest BCUT2D eigenvalue weighted by Gasteiger charge is 2.03. The molecular weight excluding hydrogens is 220 g/mol. The van der Waals surface area contributed by atoms with E-state index in [2.05, 4.69) is 16.4 Å². The van der Waals surface area contributed by atoms with Crippen LogP contribution in [-0.4, -0.2) is 12.0 Å². The lowest BCUT2D eigenvalue weighted by Crippen LogP contribution is -1.92. The van der Waals surface area contributed by atoms with E-state index >= 15 is 0 Å². The van der Waals surface area contributed by atoms with E-state index in [4.69, 9.17) is 4.42 Å². The summed E-state index contributed by atoms with van der Waals surface area (Å²) in [5.41, 5.74) is 2.16. The zero-order valence-corrected chi connectivity index (χ0v) is 10.2. The summed E-state index contributed by atoms with van der Waals surface area (Å²) >= 11 is 1.74. The van der Waals surface area contributed by atoms with Crippen molar-refractivity contribution < 1.29 is 4.42 Å². The number of thioether (sulfide) groups is 1. The van der Waals surface area contributed by atoms with Crippen LogP contribution in [0, 0.1) is 6.92 Å². The molecule has 16 heavy (non-hydrogen) atoms. The molecule has 0 aromatic carbocycles. The highest BCUT2D eigenvalue weighted by molar-refractivity contribution is 7.98. The number of nitrogens with zero attached hydrogens (tertiary/aromatic N) is 1. The van der Waals surface area contributed by atoms with Crippen molar-refractivity contribution in [1.29, 1.82) is 0 Å². The summed E-state index contributed by atoms with van der Waals surface area (Å²) in [6.45, 7) is 1.97. The van der Waals surface area contributed by atoms with Gasteiger partial charge in [0.1, 0.15) is 5.76 Å². The van der Waals surface area contributed by atoms with Crippen LogP contribution in [0.3, 0.4) is 0 Å². The van der Waals surface area contributed by atoms with Crippen LogP contribution in [0.1, 0.15) is 11.5 Å². The molecular formula is C12H14N2OS. The average molecular weight is 234 g/mol. The normalized spacial score (nSPS) is 10.4. The monoisotopic (exact) mass is 234 g/mol. The molecule has 2 aromatic heterocycles. The second-order valence-corrected chi connectivity index (χ2v) is 4.43. The van der Waals surface area contributed by atoms with Crippen LogP contribution in [0.25, 0.3) is 0 Å². The zero-order valence-electron chi connectivity index (χ0n) is 9.36. The molecule has 0 spiro atoms. The third kappa shape index (κ3) is 2.58. The van der Waals surface area contributed by atoms with Crippen molar-refractivity contribution in [3.05, 3.63) is 42.1 Å². The van der Waals surface area contributed by atoms with E-state index in [0.717, 1.165) is 22.9 Å². The van der Waals surface area contributed by atoms with Crippen LogP contribution < -0.4 is 5.32 Å². The average Bonchev–Trinajstić information content (AvgIpc) is 2.72. The standard InChI is InChI=1S/C12H14N2OS/c1-9-12(4-6-15-9)16-8-11-7-10(13-2)3-5-14-11/h3-7H,8H2,1-2H3,(H,13,14). The number of rotatable bonds is 4. The van der Waals surface area contributed by atoms with Crippen LogP contribution in [0.2, 0.25) is 0 Å². The van der Waals surface area contributed by atoms with Gasteiger partial charge in [-0.15, -0.1) is 11.8 Å². The fraction of sp³-hybridized carbons (Fsp3) is 0.250. The highest BCUT2D eigenvalue weighted by Crippen LogP contribution is 2.26. The van der Waals surface area contributed by atoms with Gasteiger partial charge in [0.2, 0.25) is 0 Å². The Balaban J connectivity index is 2.02. The number of nitrogens with one attached hydrogen (secondary N) is 1. The largest absolute Gasteiger partial charge is 0.468 e. The minimum absolute atomic E-state index is 0.857. The number of aryl methyl sites for hydroxylation is 1. The Kier molecular flexibility index (Phi) is 3.51. The number of anilines is 1. The summed E-state index contributed by atoms with van der Waals surface area (Å²) in [6.07, 6.45) is 3.54. The van der Waals surface area contributed by atoms with Crippen molar-refractivity contribution in [2.24, 2.45) is 0 Å². The Morgan fingerprint density at radius 1 is 1.44 bits per heavy atom. The second-order valence-electron chi connectivity index (χ2n) is 3.42. The van der Waals surface area contributed by atoms with E-state index in [1.807, 2.05) is 32.3 Å². The van der Waals surface area contributed by atoms with Crippen molar-refractivity contribution in [2.75, 3.05) is 12.4 Å². The van der Waals surface area contributed by atoms with E-state index in [1.54, 1.807) is 18.0 Å². The zero-order chi connectivity index (χ0) is 11.4. The molecule has 0 saturated heterocycles. The maximum Gasteiger partial charge on any atom is 0.114 e. The van der Waals surface area contributed by atoms with Gasteiger partial charge in [-0.2, -0.15) is 0 Å². The molecule has 2 aromatic rings. The van der Waals surface area contributed by atoms with Gasteiger partial charge in [0.05, 0.1) is 12.0 Å². The molecule has 0 aliphatic rings. The van der Waals surface area contributed by atoms with E-state index in [9.17, 15) is 0 Å². The quantitative estimate of drug-likeness (QED) is 0.824. The third-order valence-electron chi connectivity index (χ3n) is 2.29. The summed E-state index contributed by atoms with van der Waals surface area (Å²) in [7, 11) is 1.91.